The number of likely N-dealkylation sites (tertiary alicyclic amines) is 1. The van der Waals surface area contributed by atoms with E-state index in [4.69, 9.17) is 9.47 Å². The van der Waals surface area contributed by atoms with E-state index in [1.54, 1.807) is 36.7 Å². The number of amides is 1. The van der Waals surface area contributed by atoms with Crippen molar-refractivity contribution in [1.82, 2.24) is 14.9 Å². The molecule has 0 aliphatic carbocycles. The van der Waals surface area contributed by atoms with E-state index in [0.717, 1.165) is 30.2 Å². The highest BCUT2D eigenvalue weighted by Gasteiger charge is 2.35. The van der Waals surface area contributed by atoms with Crippen LogP contribution in [0, 0.1) is 5.92 Å². The van der Waals surface area contributed by atoms with Gasteiger partial charge in [-0.15, -0.1) is 0 Å². The first kappa shape index (κ1) is 19.6. The van der Waals surface area contributed by atoms with E-state index in [2.05, 4.69) is 14.9 Å². The monoisotopic (exact) mass is 398 g/mol. The van der Waals surface area contributed by atoms with Crippen LogP contribution in [0.1, 0.15) is 16.1 Å². The van der Waals surface area contributed by atoms with Crippen LogP contribution in [0.15, 0.2) is 36.8 Å². The van der Waals surface area contributed by atoms with Gasteiger partial charge in [0.2, 0.25) is 0 Å². The maximum absolute atomic E-state index is 13.1. The second-order valence-corrected chi connectivity index (χ2v) is 7.42. The van der Waals surface area contributed by atoms with Crippen molar-refractivity contribution < 1.29 is 19.4 Å². The summed E-state index contributed by atoms with van der Waals surface area (Å²) >= 11 is 0. The zero-order valence-corrected chi connectivity index (χ0v) is 16.5. The molecule has 0 unspecified atom stereocenters. The number of aromatic nitrogens is 2. The molecule has 0 bridgehead atoms. The van der Waals surface area contributed by atoms with Crippen molar-refractivity contribution in [3.8, 4) is 5.75 Å². The van der Waals surface area contributed by atoms with E-state index >= 15 is 0 Å². The molecule has 2 atom stereocenters. The van der Waals surface area contributed by atoms with Gasteiger partial charge in [-0.2, -0.15) is 0 Å². The van der Waals surface area contributed by atoms with Crippen LogP contribution in [0.5, 0.6) is 5.75 Å². The molecular formula is C21H26N4O4. The molecule has 1 aromatic heterocycles. The number of hydrogen-bond acceptors (Lipinski definition) is 7. The summed E-state index contributed by atoms with van der Waals surface area (Å²) in [5.41, 5.74) is 2.32. The summed E-state index contributed by atoms with van der Waals surface area (Å²) in [5.74, 6) is 0.612. The lowest BCUT2D eigenvalue weighted by Crippen LogP contribution is -2.36. The Bertz CT molecular complexity index is 842. The van der Waals surface area contributed by atoms with Gasteiger partial charge >= 0.3 is 0 Å². The Hall–Kier alpha value is -2.71. The summed E-state index contributed by atoms with van der Waals surface area (Å²) in [6.45, 7) is 3.65. The Morgan fingerprint density at radius 3 is 2.83 bits per heavy atom. The van der Waals surface area contributed by atoms with E-state index in [1.807, 2.05) is 12.1 Å². The molecule has 1 amide bonds. The first-order valence-corrected chi connectivity index (χ1v) is 9.88. The number of carbonyl (C=O) groups excluding carboxylic acids is 1. The number of morpholine rings is 1. The molecule has 29 heavy (non-hydrogen) atoms. The lowest BCUT2D eigenvalue weighted by Gasteiger charge is -2.30. The van der Waals surface area contributed by atoms with Crippen molar-refractivity contribution in [2.24, 2.45) is 5.92 Å². The van der Waals surface area contributed by atoms with Gasteiger partial charge in [0.05, 0.1) is 37.8 Å². The van der Waals surface area contributed by atoms with Gasteiger partial charge in [0.1, 0.15) is 5.75 Å². The second kappa shape index (κ2) is 8.75. The molecule has 8 heteroatoms. The number of ether oxygens (including phenoxy) is 2. The Kier molecular flexibility index (Phi) is 5.92. The number of hydrogen-bond donors (Lipinski definition) is 1. The van der Waals surface area contributed by atoms with Crippen LogP contribution in [0.25, 0.3) is 0 Å². The first-order chi connectivity index (χ1) is 14.2. The Balaban J connectivity index is 1.49. The van der Waals surface area contributed by atoms with Gasteiger partial charge in [0.15, 0.2) is 0 Å². The highest BCUT2D eigenvalue weighted by atomic mass is 16.5. The van der Waals surface area contributed by atoms with Gasteiger partial charge < -0.3 is 24.4 Å². The average Bonchev–Trinajstić information content (AvgIpc) is 3.14. The van der Waals surface area contributed by atoms with Crippen molar-refractivity contribution in [3.63, 3.8) is 0 Å². The first-order valence-electron chi connectivity index (χ1n) is 9.88. The fourth-order valence-electron chi connectivity index (χ4n) is 3.98. The number of methoxy groups -OCH3 is 1. The smallest absolute Gasteiger partial charge is 0.254 e. The highest BCUT2D eigenvalue weighted by molar-refractivity contribution is 5.96. The SMILES string of the molecule is COc1ccc(C(=O)N2C[C@@H](Cc3cnccn3)[C@H](O)C2)cc1N1CCOCC1. The molecule has 8 nitrogen and oxygen atoms in total. The number of aliphatic hydroxyl groups excluding tert-OH is 1. The number of nitrogens with zero attached hydrogens (tertiary/aromatic N) is 4. The Labute approximate surface area is 170 Å². The maximum Gasteiger partial charge on any atom is 0.254 e. The molecule has 0 saturated carbocycles. The maximum atomic E-state index is 13.1. The minimum absolute atomic E-state index is 0.0485. The number of aliphatic hydroxyl groups is 1. The lowest BCUT2D eigenvalue weighted by molar-refractivity contribution is 0.0764. The predicted molar refractivity (Wildman–Crippen MR) is 107 cm³/mol. The number of carbonyl (C=O) groups is 1. The van der Waals surface area contributed by atoms with E-state index in [9.17, 15) is 9.90 Å². The van der Waals surface area contributed by atoms with Crippen LogP contribution >= 0.6 is 0 Å². The Morgan fingerprint density at radius 2 is 2.10 bits per heavy atom. The standard InChI is InChI=1S/C21H26N4O4/c1-28-20-3-2-15(11-18(20)24-6-8-29-9-7-24)21(27)25-13-16(19(26)14-25)10-17-12-22-4-5-23-17/h2-5,11-12,16,19,26H,6-10,13-14H2,1H3/t16-,19-/m1/s1. The molecule has 2 aliphatic heterocycles. The van der Waals surface area contributed by atoms with E-state index in [1.165, 1.54) is 0 Å². The zero-order chi connectivity index (χ0) is 20.2. The van der Waals surface area contributed by atoms with Gasteiger partial charge in [-0.25, -0.2) is 0 Å². The third-order valence-corrected chi connectivity index (χ3v) is 5.56. The number of β-amino-alcohol motifs (C(OH)–C–C–N with tert-alkyl or cyclic N) is 1. The molecule has 0 spiro atoms. The zero-order valence-electron chi connectivity index (χ0n) is 16.5. The van der Waals surface area contributed by atoms with Crippen LogP contribution in [0.2, 0.25) is 0 Å². The van der Waals surface area contributed by atoms with Gasteiger partial charge in [-0.05, 0) is 24.6 Å². The minimum Gasteiger partial charge on any atom is -0.495 e. The molecule has 154 valence electrons. The van der Waals surface area contributed by atoms with Crippen molar-refractivity contribution >= 4 is 11.6 Å². The molecule has 4 rings (SSSR count). The highest BCUT2D eigenvalue weighted by Crippen LogP contribution is 2.31. The van der Waals surface area contributed by atoms with E-state index in [-0.39, 0.29) is 11.8 Å². The number of rotatable bonds is 5. The second-order valence-electron chi connectivity index (χ2n) is 7.42. The lowest BCUT2D eigenvalue weighted by atomic mass is 10.0. The summed E-state index contributed by atoms with van der Waals surface area (Å²) in [7, 11) is 1.63. The molecule has 2 fully saturated rings. The van der Waals surface area contributed by atoms with Crippen LogP contribution in [0.4, 0.5) is 5.69 Å². The summed E-state index contributed by atoms with van der Waals surface area (Å²) in [5, 5.41) is 10.5. The summed E-state index contributed by atoms with van der Waals surface area (Å²) < 4.78 is 10.9. The van der Waals surface area contributed by atoms with Crippen molar-refractivity contribution in [3.05, 3.63) is 48.0 Å². The van der Waals surface area contributed by atoms with Crippen molar-refractivity contribution in [2.75, 3.05) is 51.4 Å². The summed E-state index contributed by atoms with van der Waals surface area (Å²) in [4.78, 5) is 25.4. The molecule has 2 aliphatic rings. The topological polar surface area (TPSA) is 88.0 Å². The third kappa shape index (κ3) is 4.33. The van der Waals surface area contributed by atoms with Crippen LogP contribution in [0.3, 0.4) is 0 Å². The van der Waals surface area contributed by atoms with Gasteiger partial charge in [0, 0.05) is 56.3 Å². The Morgan fingerprint density at radius 1 is 1.28 bits per heavy atom. The number of anilines is 1. The van der Waals surface area contributed by atoms with Crippen LogP contribution in [-0.2, 0) is 11.2 Å². The van der Waals surface area contributed by atoms with Gasteiger partial charge in [0.25, 0.3) is 5.91 Å². The average molecular weight is 398 g/mol. The number of benzene rings is 1. The minimum atomic E-state index is -0.571. The molecule has 2 aromatic rings. The molecule has 1 N–H and O–H groups in total. The summed E-state index contributed by atoms with van der Waals surface area (Å²) in [6, 6.07) is 5.50. The molecule has 2 saturated heterocycles. The van der Waals surface area contributed by atoms with Gasteiger partial charge in [-0.1, -0.05) is 0 Å². The van der Waals surface area contributed by atoms with E-state index in [0.29, 0.717) is 38.3 Å². The summed E-state index contributed by atoms with van der Waals surface area (Å²) in [6.07, 6.45) is 5.00. The molecular weight excluding hydrogens is 372 g/mol. The quantitative estimate of drug-likeness (QED) is 0.804. The van der Waals surface area contributed by atoms with Crippen molar-refractivity contribution in [1.29, 1.82) is 0 Å². The van der Waals surface area contributed by atoms with Crippen LogP contribution in [-0.4, -0.2) is 78.5 Å². The normalized spacial score (nSPS) is 22.0. The molecule has 0 radical (unpaired) electrons. The molecule has 3 heterocycles. The van der Waals surface area contributed by atoms with Crippen LogP contribution < -0.4 is 9.64 Å². The van der Waals surface area contributed by atoms with Crippen molar-refractivity contribution in [2.45, 2.75) is 12.5 Å². The third-order valence-electron chi connectivity index (χ3n) is 5.56. The predicted octanol–water partition coefficient (Wildman–Crippen LogP) is 0.997. The molecule has 1 aromatic carbocycles. The van der Waals surface area contributed by atoms with E-state index < -0.39 is 6.10 Å². The fourth-order valence-corrected chi connectivity index (χ4v) is 3.98. The van der Waals surface area contributed by atoms with Gasteiger partial charge in [-0.3, -0.25) is 14.8 Å². The largest absolute Gasteiger partial charge is 0.495 e. The fraction of sp³-hybridized carbons (Fsp3) is 0.476.